The molecule has 0 bridgehead atoms. The Morgan fingerprint density at radius 2 is 1.79 bits per heavy atom. The lowest BCUT2D eigenvalue weighted by atomic mass is 10.1. The molecule has 3 rings (SSSR count). The molecule has 0 saturated carbocycles. The van der Waals surface area contributed by atoms with Crippen molar-refractivity contribution >= 4 is 23.1 Å². The van der Waals surface area contributed by atoms with E-state index in [0.717, 1.165) is 21.8 Å². The third-order valence-corrected chi connectivity index (χ3v) is 4.03. The van der Waals surface area contributed by atoms with E-state index >= 15 is 0 Å². The largest absolute Gasteiger partial charge is 0.245 e. The van der Waals surface area contributed by atoms with Crippen molar-refractivity contribution in [2.75, 3.05) is 4.90 Å². The number of nitrogens with zero attached hydrogens (tertiary/aromatic N) is 2. The Balaban J connectivity index is 2.07. The quantitative estimate of drug-likeness (QED) is 0.715. The van der Waals surface area contributed by atoms with Crippen LogP contribution in [0.15, 0.2) is 58.8 Å². The summed E-state index contributed by atoms with van der Waals surface area (Å²) in [7, 11) is 0. The van der Waals surface area contributed by atoms with E-state index in [4.69, 9.17) is 0 Å². The average molecular weight is 264 g/mol. The number of anilines is 1. The van der Waals surface area contributed by atoms with Crippen LogP contribution < -0.4 is 4.90 Å². The minimum atomic E-state index is 0.936. The van der Waals surface area contributed by atoms with Crippen molar-refractivity contribution in [3.8, 4) is 6.19 Å². The summed E-state index contributed by atoms with van der Waals surface area (Å²) in [4.78, 5) is 2.80. The average Bonchev–Trinajstić information content (AvgIpc) is 2.47. The summed E-state index contributed by atoms with van der Waals surface area (Å²) in [5.74, 6) is 0. The van der Waals surface area contributed by atoms with Crippen molar-refractivity contribution in [3.63, 3.8) is 0 Å². The van der Waals surface area contributed by atoms with E-state index in [0.29, 0.717) is 0 Å². The monoisotopic (exact) mass is 264 g/mol. The molecule has 2 nitrogen and oxygen atoms in total. The number of nitriles is 1. The van der Waals surface area contributed by atoms with Crippen molar-refractivity contribution in [2.45, 2.75) is 11.8 Å². The lowest BCUT2D eigenvalue weighted by Crippen LogP contribution is -2.17. The number of hydrogen-bond donors (Lipinski definition) is 0. The zero-order chi connectivity index (χ0) is 13.2. The predicted molar refractivity (Wildman–Crippen MR) is 79.5 cm³/mol. The Morgan fingerprint density at radius 3 is 2.53 bits per heavy atom. The van der Waals surface area contributed by atoms with Gasteiger partial charge < -0.3 is 0 Å². The summed E-state index contributed by atoms with van der Waals surface area (Å²) in [6.45, 7) is 2.06. The second-order valence-electron chi connectivity index (χ2n) is 4.39. The zero-order valence-electron chi connectivity index (χ0n) is 10.5. The third kappa shape index (κ3) is 2.11. The van der Waals surface area contributed by atoms with Crippen LogP contribution >= 0.6 is 11.8 Å². The molecule has 2 aromatic carbocycles. The summed E-state index contributed by atoms with van der Waals surface area (Å²) >= 11 is 1.66. The van der Waals surface area contributed by atoms with E-state index in [-0.39, 0.29) is 0 Å². The van der Waals surface area contributed by atoms with Gasteiger partial charge in [-0.15, -0.1) is 0 Å². The van der Waals surface area contributed by atoms with Crippen molar-refractivity contribution in [3.05, 3.63) is 65.1 Å². The van der Waals surface area contributed by atoms with Gasteiger partial charge in [-0.05, 0) is 24.6 Å². The van der Waals surface area contributed by atoms with Crippen molar-refractivity contribution in [1.82, 2.24) is 0 Å². The van der Waals surface area contributed by atoms with Crippen LogP contribution in [0.25, 0.3) is 5.70 Å². The summed E-state index contributed by atoms with van der Waals surface area (Å²) < 4.78 is 0. The van der Waals surface area contributed by atoms with Crippen molar-refractivity contribution in [1.29, 1.82) is 5.26 Å². The van der Waals surface area contributed by atoms with Crippen LogP contribution in [0.4, 0.5) is 5.69 Å². The normalized spacial score (nSPS) is 13.5. The fraction of sp³-hybridized carbons (Fsp3) is 0.0625. The van der Waals surface area contributed by atoms with Gasteiger partial charge in [0.25, 0.3) is 0 Å². The molecule has 92 valence electrons. The zero-order valence-corrected chi connectivity index (χ0v) is 11.3. The highest BCUT2D eigenvalue weighted by molar-refractivity contribution is 8.02. The van der Waals surface area contributed by atoms with Gasteiger partial charge in [-0.1, -0.05) is 53.7 Å². The molecule has 0 atom stereocenters. The number of thioether (sulfide) groups is 1. The van der Waals surface area contributed by atoms with E-state index in [1.165, 1.54) is 5.56 Å². The third-order valence-electron chi connectivity index (χ3n) is 3.09. The first-order valence-corrected chi connectivity index (χ1v) is 6.90. The first kappa shape index (κ1) is 11.9. The molecule has 1 aliphatic heterocycles. The SMILES string of the molecule is Cc1ccc(C2=CSc3ccccc3N2C#N)cc1. The fourth-order valence-electron chi connectivity index (χ4n) is 2.07. The number of hydrogen-bond acceptors (Lipinski definition) is 3. The number of fused-ring (bicyclic) bond motifs is 1. The molecule has 0 amide bonds. The molecule has 0 aromatic heterocycles. The summed E-state index contributed by atoms with van der Waals surface area (Å²) in [5.41, 5.74) is 4.17. The second-order valence-corrected chi connectivity index (χ2v) is 5.30. The standard InChI is InChI=1S/C16H12N2S/c1-12-6-8-13(9-7-12)15-10-19-16-5-3-2-4-14(16)18(15)11-17/h2-10H,1H3. The Bertz CT molecular complexity index is 681. The van der Waals surface area contributed by atoms with E-state index in [1.54, 1.807) is 16.7 Å². The Morgan fingerprint density at radius 1 is 1.05 bits per heavy atom. The second kappa shape index (κ2) is 4.83. The molecule has 3 heteroatoms. The lowest BCUT2D eigenvalue weighted by molar-refractivity contribution is 1.23. The first-order valence-electron chi connectivity index (χ1n) is 6.02. The van der Waals surface area contributed by atoms with Gasteiger partial charge in [0.2, 0.25) is 0 Å². The Hall–Kier alpha value is -2.18. The maximum atomic E-state index is 9.45. The van der Waals surface area contributed by atoms with Gasteiger partial charge in [-0.3, -0.25) is 0 Å². The van der Waals surface area contributed by atoms with Crippen molar-refractivity contribution in [2.24, 2.45) is 0 Å². The molecule has 0 spiro atoms. The fourth-order valence-corrected chi connectivity index (χ4v) is 2.99. The van der Waals surface area contributed by atoms with Gasteiger partial charge in [-0.2, -0.15) is 5.26 Å². The summed E-state index contributed by atoms with van der Waals surface area (Å²) in [5, 5.41) is 11.5. The molecule has 0 unspecified atom stereocenters. The number of aryl methyl sites for hydroxylation is 1. The van der Waals surface area contributed by atoms with Gasteiger partial charge in [0, 0.05) is 10.3 Å². The van der Waals surface area contributed by atoms with Crippen molar-refractivity contribution < 1.29 is 0 Å². The molecule has 1 heterocycles. The maximum Gasteiger partial charge on any atom is 0.189 e. The maximum absolute atomic E-state index is 9.45. The van der Waals surface area contributed by atoms with E-state index in [9.17, 15) is 5.26 Å². The lowest BCUT2D eigenvalue weighted by Gasteiger charge is -2.25. The van der Waals surface area contributed by atoms with E-state index in [2.05, 4.69) is 37.4 Å². The molecule has 2 aromatic rings. The molecule has 1 aliphatic rings. The summed E-state index contributed by atoms with van der Waals surface area (Å²) in [6, 6.07) is 16.2. The molecule has 19 heavy (non-hydrogen) atoms. The van der Waals surface area contributed by atoms with Gasteiger partial charge in [0.15, 0.2) is 6.19 Å². The Labute approximate surface area is 117 Å². The van der Waals surface area contributed by atoms with Gasteiger partial charge in [-0.25, -0.2) is 4.90 Å². The smallest absolute Gasteiger partial charge is 0.189 e. The molecule has 0 saturated heterocycles. The molecule has 0 fully saturated rings. The molecule has 0 aliphatic carbocycles. The van der Waals surface area contributed by atoms with Crippen LogP contribution in [-0.4, -0.2) is 0 Å². The number of rotatable bonds is 1. The number of para-hydroxylation sites is 1. The van der Waals surface area contributed by atoms with Crippen LogP contribution in [0.2, 0.25) is 0 Å². The highest BCUT2D eigenvalue weighted by atomic mass is 32.2. The van der Waals surface area contributed by atoms with Gasteiger partial charge >= 0.3 is 0 Å². The van der Waals surface area contributed by atoms with Crippen LogP contribution in [0.3, 0.4) is 0 Å². The highest BCUT2D eigenvalue weighted by Crippen LogP contribution is 2.41. The van der Waals surface area contributed by atoms with Crippen LogP contribution in [0.1, 0.15) is 11.1 Å². The van der Waals surface area contributed by atoms with E-state index in [1.807, 2.05) is 29.7 Å². The first-order chi connectivity index (χ1) is 9.29. The number of benzene rings is 2. The minimum absolute atomic E-state index is 0.936. The van der Waals surface area contributed by atoms with Crippen LogP contribution in [0.5, 0.6) is 0 Å². The highest BCUT2D eigenvalue weighted by Gasteiger charge is 2.20. The molecule has 0 radical (unpaired) electrons. The van der Waals surface area contributed by atoms with Crippen LogP contribution in [-0.2, 0) is 0 Å². The molecular formula is C16H12N2S. The summed E-state index contributed by atoms with van der Waals surface area (Å²) in [6.07, 6.45) is 2.28. The minimum Gasteiger partial charge on any atom is -0.245 e. The van der Waals surface area contributed by atoms with E-state index < -0.39 is 0 Å². The van der Waals surface area contributed by atoms with Crippen LogP contribution in [0, 0.1) is 18.4 Å². The van der Waals surface area contributed by atoms with Gasteiger partial charge in [0.05, 0.1) is 11.4 Å². The predicted octanol–water partition coefficient (Wildman–Crippen LogP) is 4.39. The topological polar surface area (TPSA) is 27.0 Å². The van der Waals surface area contributed by atoms with Gasteiger partial charge in [0.1, 0.15) is 0 Å². The molecular weight excluding hydrogens is 252 g/mol. The molecule has 0 N–H and O–H groups in total. The Kier molecular flexibility index (Phi) is 3.02.